The van der Waals surface area contributed by atoms with Crippen LogP contribution in [0, 0.1) is 28.1 Å². The summed E-state index contributed by atoms with van der Waals surface area (Å²) in [6, 6.07) is 4.01. The van der Waals surface area contributed by atoms with Gasteiger partial charge in [0.1, 0.15) is 0 Å². The molecule has 71 heavy (non-hydrogen) atoms. The van der Waals surface area contributed by atoms with Crippen molar-refractivity contribution in [3.05, 3.63) is 42.0 Å². The minimum absolute atomic E-state index is 0.0718. The Morgan fingerprint density at radius 3 is 1.45 bits per heavy atom. The topological polar surface area (TPSA) is 242 Å². The maximum absolute atomic E-state index is 12.6. The van der Waals surface area contributed by atoms with Crippen molar-refractivity contribution in [1.29, 1.82) is 0 Å². The van der Waals surface area contributed by atoms with Crippen LogP contribution in [0.3, 0.4) is 0 Å². The first kappa shape index (κ1) is 64.0. The highest BCUT2D eigenvalue weighted by atomic mass is 19.3. The van der Waals surface area contributed by atoms with Crippen LogP contribution in [0.5, 0.6) is 11.5 Å². The molecular formula is C55H86F2O14. The molecule has 14 nitrogen and oxygen atoms in total. The lowest BCUT2D eigenvalue weighted by Crippen LogP contribution is -2.57. The summed E-state index contributed by atoms with van der Waals surface area (Å²) in [6.45, 7) is 10.8. The Balaban J connectivity index is 0.000000449. The summed E-state index contributed by atoms with van der Waals surface area (Å²) in [6.07, 6.45) is 30.3. The van der Waals surface area contributed by atoms with Crippen LogP contribution in [0.1, 0.15) is 220 Å². The normalized spacial score (nSPS) is 20.8. The van der Waals surface area contributed by atoms with Gasteiger partial charge < -0.3 is 40.1 Å². The van der Waals surface area contributed by atoms with E-state index in [1.807, 2.05) is 0 Å². The molecule has 404 valence electrons. The average molecular weight is 1010 g/mol. The van der Waals surface area contributed by atoms with Gasteiger partial charge in [0, 0.05) is 25.3 Å². The largest absolute Gasteiger partial charge is 0.586 e. The number of unbranched alkanes of at least 4 members (excludes halogenated alkanes) is 14. The third-order valence-corrected chi connectivity index (χ3v) is 13.0. The molecule has 0 unspecified atom stereocenters. The van der Waals surface area contributed by atoms with E-state index in [4.69, 9.17) is 20.4 Å². The fraction of sp³-hybridized carbons (Fsp3) is 0.709. The first-order chi connectivity index (χ1) is 33.4. The van der Waals surface area contributed by atoms with E-state index in [1.165, 1.54) is 108 Å². The number of halogens is 2. The van der Waals surface area contributed by atoms with Gasteiger partial charge in [0.2, 0.25) is 0 Å². The number of hydrogen-bond acceptors (Lipinski definition) is 8. The molecule has 16 heteroatoms. The number of carboxylic acids is 6. The van der Waals surface area contributed by atoms with Crippen molar-refractivity contribution in [1.82, 2.24) is 0 Å². The second-order valence-corrected chi connectivity index (χ2v) is 20.9. The third kappa shape index (κ3) is 28.6. The van der Waals surface area contributed by atoms with Crippen molar-refractivity contribution < 1.29 is 77.7 Å². The molecule has 4 fully saturated rings. The van der Waals surface area contributed by atoms with E-state index >= 15 is 0 Å². The maximum atomic E-state index is 12.6. The Labute approximate surface area is 420 Å². The molecule has 4 saturated carbocycles. The number of fused-ring (bicyclic) bond motifs is 1. The van der Waals surface area contributed by atoms with Gasteiger partial charge in [-0.3, -0.25) is 24.0 Å². The summed E-state index contributed by atoms with van der Waals surface area (Å²) in [5, 5.41) is 52.3. The summed E-state index contributed by atoms with van der Waals surface area (Å²) < 4.78 is 33.6. The van der Waals surface area contributed by atoms with Gasteiger partial charge in [-0.05, 0) is 124 Å². The second kappa shape index (κ2) is 33.6. The zero-order chi connectivity index (χ0) is 53.5. The van der Waals surface area contributed by atoms with E-state index in [0.717, 1.165) is 51.0 Å². The Kier molecular flexibility index (Phi) is 30.3. The summed E-state index contributed by atoms with van der Waals surface area (Å²) in [5.74, 6) is -4.21. The van der Waals surface area contributed by atoms with Gasteiger partial charge in [-0.1, -0.05) is 130 Å². The molecule has 0 amide bonds. The van der Waals surface area contributed by atoms with Gasteiger partial charge in [0.15, 0.2) is 11.5 Å². The number of carbonyl (C=O) groups is 6. The number of ether oxygens (including phenoxy) is 2. The lowest BCUT2D eigenvalue weighted by Gasteiger charge is -2.58. The number of allylic oxidation sites excluding steroid dienone is 2. The van der Waals surface area contributed by atoms with Gasteiger partial charge in [-0.15, -0.1) is 8.78 Å². The van der Waals surface area contributed by atoms with Gasteiger partial charge >= 0.3 is 42.1 Å². The summed E-state index contributed by atoms with van der Waals surface area (Å²) >= 11 is 0. The van der Waals surface area contributed by atoms with Crippen LogP contribution in [0.2, 0.25) is 0 Å². The molecule has 1 aromatic carbocycles. The molecule has 0 saturated heterocycles. The van der Waals surface area contributed by atoms with Gasteiger partial charge in [-0.25, -0.2) is 4.79 Å². The summed E-state index contributed by atoms with van der Waals surface area (Å²) in [7, 11) is 0. The minimum atomic E-state index is -3.66. The third-order valence-electron chi connectivity index (χ3n) is 13.0. The molecule has 6 N–H and O–H groups in total. The van der Waals surface area contributed by atoms with Crippen LogP contribution in [0.4, 0.5) is 8.78 Å². The van der Waals surface area contributed by atoms with E-state index in [2.05, 4.69) is 56.2 Å². The molecule has 1 aromatic rings. The fourth-order valence-electron chi connectivity index (χ4n) is 9.81. The number of alkyl halides is 2. The van der Waals surface area contributed by atoms with Crippen molar-refractivity contribution in [2.45, 2.75) is 221 Å². The lowest BCUT2D eigenvalue weighted by molar-refractivity contribution is -0.286. The van der Waals surface area contributed by atoms with Crippen LogP contribution in [0.15, 0.2) is 36.4 Å². The number of aliphatic carboxylic acids is 6. The Bertz CT molecular complexity index is 1790. The Morgan fingerprint density at radius 1 is 0.592 bits per heavy atom. The van der Waals surface area contributed by atoms with Gasteiger partial charge in [0.05, 0.1) is 10.8 Å². The second-order valence-electron chi connectivity index (χ2n) is 20.9. The molecule has 5 aliphatic rings. The van der Waals surface area contributed by atoms with E-state index < -0.39 is 52.9 Å². The highest BCUT2D eigenvalue weighted by Gasteiger charge is 2.63. The molecule has 0 radical (unpaired) electrons. The molecule has 4 bridgehead atoms. The number of hydrogen-bond donors (Lipinski definition) is 6. The number of rotatable bonds is 27. The first-order valence-corrected chi connectivity index (χ1v) is 26.0. The lowest BCUT2D eigenvalue weighted by atomic mass is 9.44. The van der Waals surface area contributed by atoms with Crippen LogP contribution in [-0.4, -0.2) is 72.7 Å². The predicted molar refractivity (Wildman–Crippen MR) is 269 cm³/mol. The van der Waals surface area contributed by atoms with Gasteiger partial charge in [-0.2, -0.15) is 0 Å². The van der Waals surface area contributed by atoms with Crippen LogP contribution < -0.4 is 9.47 Å². The SMILES string of the molecule is CC(C)(C)CCCC(=O)O.CCCC/C=C\CCCCCCCC(=O)O.CCCCCCCCCCC(=O)O.O=C(O)/C=C/c1ccc2c(c1)OC(F)(F)O2.O=C(O)C12CC3CC(C1)CC(C(=O)O)(C3)C2. The smallest absolute Gasteiger partial charge is 0.481 e. The zero-order valence-corrected chi connectivity index (χ0v) is 43.2. The maximum Gasteiger partial charge on any atom is 0.586 e. The molecule has 0 atom stereocenters. The summed E-state index contributed by atoms with van der Waals surface area (Å²) in [4.78, 5) is 63.6. The minimum Gasteiger partial charge on any atom is -0.481 e. The molecule has 4 aliphatic carbocycles. The standard InChI is InChI=1S/C14H26O2.C12H16O4.C11H22O2.C10H6F2O4.C8H16O2/c1-2-3-4-5-6-7-8-9-10-11-12-13-14(15)16;13-9(14)11-2-7-1-8(4-11)5-12(3-7,6-11)10(15)16;1-2-3-4-5-6-7-8-9-10-11(12)13;11-10(12)15-7-3-1-6(2-4-9(13)14)5-8(7)16-10;1-8(2,3)6-4-5-7(9)10/h5-6H,2-4,7-13H2,1H3,(H,15,16);7-8H,1-6H2,(H,13,14)(H,15,16);2-10H2,1H3,(H,12,13);1-5H,(H,13,14);4-6H2,1-3H3,(H,9,10)/b6-5-;;;4-2+;. The van der Waals surface area contributed by atoms with E-state index in [0.29, 0.717) is 68.8 Å². The van der Waals surface area contributed by atoms with Crippen molar-refractivity contribution in [2.75, 3.05) is 0 Å². The van der Waals surface area contributed by atoms with Crippen molar-refractivity contribution in [3.63, 3.8) is 0 Å². The predicted octanol–water partition coefficient (Wildman–Crippen LogP) is 14.3. The van der Waals surface area contributed by atoms with Crippen LogP contribution >= 0.6 is 0 Å². The highest BCUT2D eigenvalue weighted by Crippen LogP contribution is 2.65. The molecular weight excluding hydrogens is 923 g/mol. The van der Waals surface area contributed by atoms with Crippen LogP contribution in [-0.2, 0) is 28.8 Å². The van der Waals surface area contributed by atoms with Crippen molar-refractivity contribution in [3.8, 4) is 11.5 Å². The first-order valence-electron chi connectivity index (χ1n) is 26.0. The molecule has 0 spiro atoms. The van der Waals surface area contributed by atoms with Gasteiger partial charge in [0.25, 0.3) is 0 Å². The molecule has 1 heterocycles. The van der Waals surface area contributed by atoms with Crippen molar-refractivity contribution >= 4 is 41.9 Å². The van der Waals surface area contributed by atoms with E-state index in [9.17, 15) is 47.8 Å². The number of carboxylic acid groups (broad SMARTS) is 6. The van der Waals surface area contributed by atoms with E-state index in [-0.39, 0.29) is 16.9 Å². The van der Waals surface area contributed by atoms with Crippen molar-refractivity contribution in [2.24, 2.45) is 28.1 Å². The quantitative estimate of drug-likeness (QED) is 0.0273. The number of benzene rings is 1. The molecule has 0 aromatic heterocycles. The highest BCUT2D eigenvalue weighted by molar-refractivity contribution is 5.85. The Hall–Kier alpha value is -5.02. The van der Waals surface area contributed by atoms with E-state index in [1.54, 1.807) is 0 Å². The zero-order valence-electron chi connectivity index (χ0n) is 43.2. The van der Waals surface area contributed by atoms with Crippen LogP contribution in [0.25, 0.3) is 6.08 Å². The molecule has 6 rings (SSSR count). The monoisotopic (exact) mass is 1010 g/mol. The average Bonchev–Trinajstić information content (AvgIpc) is 3.58. The summed E-state index contributed by atoms with van der Waals surface area (Å²) in [5.41, 5.74) is -0.733. The Morgan fingerprint density at radius 2 is 1.01 bits per heavy atom. The fourth-order valence-corrected chi connectivity index (χ4v) is 9.81. The molecule has 1 aliphatic heterocycles.